The molecular formula is C14H16N4. The van der Waals surface area contributed by atoms with Gasteiger partial charge in [-0.3, -0.25) is 0 Å². The van der Waals surface area contributed by atoms with Gasteiger partial charge in [-0.2, -0.15) is 5.26 Å². The van der Waals surface area contributed by atoms with Gasteiger partial charge in [-0.25, -0.2) is 4.98 Å². The SMILES string of the molecule is CCc1nccn1-c1ccc(CNC)cc1C#N. The summed E-state index contributed by atoms with van der Waals surface area (Å²) >= 11 is 0. The normalized spacial score (nSPS) is 10.3. The number of nitrogens with zero attached hydrogens (tertiary/aromatic N) is 3. The molecule has 0 radical (unpaired) electrons. The number of imidazole rings is 1. The second kappa shape index (κ2) is 5.48. The lowest BCUT2D eigenvalue weighted by atomic mass is 10.1. The molecule has 0 amide bonds. The van der Waals surface area contributed by atoms with Gasteiger partial charge in [-0.15, -0.1) is 0 Å². The minimum absolute atomic E-state index is 0.676. The first-order valence-corrected chi connectivity index (χ1v) is 6.00. The van der Waals surface area contributed by atoms with Gasteiger partial charge in [-0.1, -0.05) is 13.0 Å². The topological polar surface area (TPSA) is 53.6 Å². The first-order valence-electron chi connectivity index (χ1n) is 6.00. The Morgan fingerprint density at radius 2 is 2.28 bits per heavy atom. The van der Waals surface area contributed by atoms with Gasteiger partial charge in [-0.05, 0) is 24.7 Å². The van der Waals surface area contributed by atoms with Crippen LogP contribution in [-0.2, 0) is 13.0 Å². The third kappa shape index (κ3) is 2.27. The highest BCUT2D eigenvalue weighted by Crippen LogP contribution is 2.18. The Morgan fingerprint density at radius 3 is 2.94 bits per heavy atom. The van der Waals surface area contributed by atoms with E-state index in [1.54, 1.807) is 6.20 Å². The van der Waals surface area contributed by atoms with Gasteiger partial charge in [0.25, 0.3) is 0 Å². The largest absolute Gasteiger partial charge is 0.316 e. The number of benzene rings is 1. The van der Waals surface area contributed by atoms with Crippen LogP contribution in [0.1, 0.15) is 23.9 Å². The molecular weight excluding hydrogens is 224 g/mol. The Hall–Kier alpha value is -2.12. The summed E-state index contributed by atoms with van der Waals surface area (Å²) < 4.78 is 1.97. The van der Waals surface area contributed by atoms with Gasteiger partial charge in [0.15, 0.2) is 0 Å². The molecule has 2 rings (SSSR count). The molecule has 0 aliphatic carbocycles. The predicted octanol–water partition coefficient (Wildman–Crippen LogP) is 2.03. The maximum atomic E-state index is 9.27. The number of aromatic nitrogens is 2. The van der Waals surface area contributed by atoms with Crippen molar-refractivity contribution in [2.45, 2.75) is 19.9 Å². The van der Waals surface area contributed by atoms with Crippen LogP contribution in [0.5, 0.6) is 0 Å². The predicted molar refractivity (Wildman–Crippen MR) is 70.4 cm³/mol. The molecule has 0 bridgehead atoms. The van der Waals surface area contributed by atoms with Gasteiger partial charge in [0.05, 0.1) is 11.3 Å². The molecule has 0 fully saturated rings. The summed E-state index contributed by atoms with van der Waals surface area (Å²) in [6.45, 7) is 2.82. The summed E-state index contributed by atoms with van der Waals surface area (Å²) in [5, 5.41) is 12.4. The van der Waals surface area contributed by atoms with Crippen molar-refractivity contribution >= 4 is 0 Å². The number of rotatable bonds is 4. The standard InChI is InChI=1S/C14H16N4/c1-3-14-17-6-7-18(14)13-5-4-11(10-16-2)8-12(13)9-15/h4-8,16H,3,10H2,1-2H3. The summed E-state index contributed by atoms with van der Waals surface area (Å²) in [6.07, 6.45) is 4.50. The van der Waals surface area contributed by atoms with E-state index in [0.717, 1.165) is 30.0 Å². The zero-order valence-corrected chi connectivity index (χ0v) is 10.6. The van der Waals surface area contributed by atoms with E-state index in [0.29, 0.717) is 5.56 Å². The van der Waals surface area contributed by atoms with Gasteiger partial charge in [0.2, 0.25) is 0 Å². The molecule has 0 atom stereocenters. The molecule has 4 nitrogen and oxygen atoms in total. The third-order valence-corrected chi connectivity index (χ3v) is 2.86. The van der Waals surface area contributed by atoms with Gasteiger partial charge < -0.3 is 9.88 Å². The number of nitrogens with one attached hydrogen (secondary N) is 1. The highest BCUT2D eigenvalue weighted by atomic mass is 15.1. The molecule has 0 saturated carbocycles. The third-order valence-electron chi connectivity index (χ3n) is 2.86. The molecule has 92 valence electrons. The number of nitriles is 1. The smallest absolute Gasteiger partial charge is 0.112 e. The summed E-state index contributed by atoms with van der Waals surface area (Å²) in [7, 11) is 1.89. The van der Waals surface area contributed by atoms with E-state index < -0.39 is 0 Å². The van der Waals surface area contributed by atoms with Crippen LogP contribution >= 0.6 is 0 Å². The van der Waals surface area contributed by atoms with Crippen molar-refractivity contribution in [3.8, 4) is 11.8 Å². The van der Waals surface area contributed by atoms with Gasteiger partial charge in [0, 0.05) is 25.4 Å². The second-order valence-corrected chi connectivity index (χ2v) is 4.06. The van der Waals surface area contributed by atoms with E-state index in [1.165, 1.54) is 0 Å². The Labute approximate surface area is 107 Å². The van der Waals surface area contributed by atoms with Crippen molar-refractivity contribution in [2.24, 2.45) is 0 Å². The molecule has 0 spiro atoms. The Balaban J connectivity index is 2.49. The maximum Gasteiger partial charge on any atom is 0.112 e. The van der Waals surface area contributed by atoms with Crippen LogP contribution < -0.4 is 5.32 Å². The maximum absolute atomic E-state index is 9.27. The number of hydrogen-bond acceptors (Lipinski definition) is 3. The van der Waals surface area contributed by atoms with Crippen LogP contribution in [0, 0.1) is 11.3 Å². The zero-order chi connectivity index (χ0) is 13.0. The molecule has 1 aromatic carbocycles. The van der Waals surface area contributed by atoms with Crippen molar-refractivity contribution in [1.82, 2.24) is 14.9 Å². The molecule has 1 heterocycles. The lowest BCUT2D eigenvalue weighted by Gasteiger charge is -2.10. The molecule has 4 heteroatoms. The molecule has 0 unspecified atom stereocenters. The van der Waals surface area contributed by atoms with Gasteiger partial charge in [0.1, 0.15) is 11.9 Å². The fourth-order valence-corrected chi connectivity index (χ4v) is 2.01. The first-order chi connectivity index (χ1) is 8.80. The molecule has 0 aliphatic heterocycles. The second-order valence-electron chi connectivity index (χ2n) is 4.06. The van der Waals surface area contributed by atoms with Crippen LogP contribution in [0.3, 0.4) is 0 Å². The minimum atomic E-state index is 0.676. The molecule has 1 aromatic heterocycles. The molecule has 1 N–H and O–H groups in total. The quantitative estimate of drug-likeness (QED) is 0.889. The lowest BCUT2D eigenvalue weighted by molar-refractivity contribution is 0.815. The highest BCUT2D eigenvalue weighted by molar-refractivity contribution is 5.51. The van der Waals surface area contributed by atoms with Crippen molar-refractivity contribution in [3.05, 3.63) is 47.5 Å². The summed E-state index contributed by atoms with van der Waals surface area (Å²) in [4.78, 5) is 4.29. The van der Waals surface area contributed by atoms with E-state index in [4.69, 9.17) is 0 Å². The van der Waals surface area contributed by atoms with Crippen molar-refractivity contribution < 1.29 is 0 Å². The van der Waals surface area contributed by atoms with Crippen LogP contribution in [0.2, 0.25) is 0 Å². The van der Waals surface area contributed by atoms with Crippen LogP contribution in [0.25, 0.3) is 5.69 Å². The summed E-state index contributed by atoms with van der Waals surface area (Å²) in [5.41, 5.74) is 2.68. The average molecular weight is 240 g/mol. The molecule has 0 aliphatic rings. The fraction of sp³-hybridized carbons (Fsp3) is 0.286. The fourth-order valence-electron chi connectivity index (χ4n) is 2.01. The van der Waals surface area contributed by atoms with E-state index in [2.05, 4.69) is 23.3 Å². The van der Waals surface area contributed by atoms with Crippen molar-refractivity contribution in [1.29, 1.82) is 5.26 Å². The Kier molecular flexibility index (Phi) is 3.75. The van der Waals surface area contributed by atoms with E-state index in [1.807, 2.05) is 36.0 Å². The monoisotopic (exact) mass is 240 g/mol. The first kappa shape index (κ1) is 12.3. The lowest BCUT2D eigenvalue weighted by Crippen LogP contribution is -2.07. The molecule has 2 aromatic rings. The summed E-state index contributed by atoms with van der Waals surface area (Å²) in [6, 6.07) is 8.19. The van der Waals surface area contributed by atoms with E-state index in [-0.39, 0.29) is 0 Å². The number of hydrogen-bond donors (Lipinski definition) is 1. The molecule has 0 saturated heterocycles. The van der Waals surface area contributed by atoms with Crippen LogP contribution in [0.4, 0.5) is 0 Å². The van der Waals surface area contributed by atoms with Gasteiger partial charge >= 0.3 is 0 Å². The molecule has 18 heavy (non-hydrogen) atoms. The Morgan fingerprint density at radius 1 is 1.44 bits per heavy atom. The summed E-state index contributed by atoms with van der Waals surface area (Å²) in [5.74, 6) is 0.966. The Bertz CT molecular complexity index is 578. The minimum Gasteiger partial charge on any atom is -0.316 e. The highest BCUT2D eigenvalue weighted by Gasteiger charge is 2.08. The number of aryl methyl sites for hydroxylation is 1. The van der Waals surface area contributed by atoms with Crippen LogP contribution in [-0.4, -0.2) is 16.6 Å². The van der Waals surface area contributed by atoms with E-state index >= 15 is 0 Å². The van der Waals surface area contributed by atoms with E-state index in [9.17, 15) is 5.26 Å². The van der Waals surface area contributed by atoms with Crippen LogP contribution in [0.15, 0.2) is 30.6 Å². The average Bonchev–Trinajstić information content (AvgIpc) is 2.87. The van der Waals surface area contributed by atoms with Crippen molar-refractivity contribution in [3.63, 3.8) is 0 Å². The van der Waals surface area contributed by atoms with Crippen molar-refractivity contribution in [2.75, 3.05) is 7.05 Å². The zero-order valence-electron chi connectivity index (χ0n) is 10.6.